The number of ether oxygens (including phenoxy) is 4. The van der Waals surface area contributed by atoms with Gasteiger partial charge in [0.2, 0.25) is 5.75 Å². The fourth-order valence-electron chi connectivity index (χ4n) is 5.28. The Morgan fingerprint density at radius 2 is 1.82 bits per heavy atom. The molecule has 0 spiro atoms. The quantitative estimate of drug-likeness (QED) is 0.252. The first-order valence-electron chi connectivity index (χ1n) is 12.7. The molecule has 2 aliphatic rings. The van der Waals surface area contributed by atoms with Crippen molar-refractivity contribution in [1.82, 2.24) is 14.5 Å². The van der Waals surface area contributed by atoms with Crippen LogP contribution in [-0.2, 0) is 22.6 Å². The molecule has 1 N–H and O–H groups in total. The highest BCUT2D eigenvalue weighted by molar-refractivity contribution is 6.46. The molecular weight excluding hydrogens is 502 g/mol. The molecule has 0 aliphatic carbocycles. The Hall–Kier alpha value is -4.47. The SMILES string of the molecule is COc1cc(C2/C(=C(/O)c3ccc4c(c3)CC(C)O4)C(=O)C(=O)N2CCCn2ccnc2)cc(OC)c1OC. The van der Waals surface area contributed by atoms with Crippen LogP contribution >= 0.6 is 0 Å². The van der Waals surface area contributed by atoms with Crippen molar-refractivity contribution in [2.75, 3.05) is 27.9 Å². The Balaban J connectivity index is 1.61. The van der Waals surface area contributed by atoms with Crippen LogP contribution in [0.1, 0.15) is 36.1 Å². The van der Waals surface area contributed by atoms with Gasteiger partial charge in [-0.2, -0.15) is 0 Å². The maximum absolute atomic E-state index is 13.5. The van der Waals surface area contributed by atoms with Gasteiger partial charge in [0, 0.05) is 37.5 Å². The van der Waals surface area contributed by atoms with Gasteiger partial charge in [-0.15, -0.1) is 0 Å². The number of nitrogens with zero attached hydrogens (tertiary/aromatic N) is 3. The highest BCUT2D eigenvalue weighted by Crippen LogP contribution is 2.46. The van der Waals surface area contributed by atoms with Gasteiger partial charge in [-0.3, -0.25) is 9.59 Å². The third-order valence-electron chi connectivity index (χ3n) is 7.09. The number of ketones is 1. The number of methoxy groups -OCH3 is 3. The van der Waals surface area contributed by atoms with Crippen LogP contribution in [0.15, 0.2) is 54.6 Å². The number of aryl methyl sites for hydroxylation is 1. The number of imidazole rings is 1. The highest BCUT2D eigenvalue weighted by Gasteiger charge is 2.46. The molecule has 10 heteroatoms. The number of rotatable bonds is 9. The number of carbonyl (C=O) groups excluding carboxylic acids is 2. The predicted octanol–water partition coefficient (Wildman–Crippen LogP) is 3.74. The van der Waals surface area contributed by atoms with Crippen molar-refractivity contribution in [3.05, 3.63) is 71.3 Å². The average Bonchev–Trinajstić information content (AvgIpc) is 3.65. The normalized spacial score (nSPS) is 19.6. The summed E-state index contributed by atoms with van der Waals surface area (Å²) < 4.78 is 24.2. The molecule has 39 heavy (non-hydrogen) atoms. The Morgan fingerprint density at radius 1 is 1.08 bits per heavy atom. The third-order valence-corrected chi connectivity index (χ3v) is 7.09. The van der Waals surface area contributed by atoms with Gasteiger partial charge >= 0.3 is 0 Å². The zero-order valence-corrected chi connectivity index (χ0v) is 22.3. The maximum Gasteiger partial charge on any atom is 0.295 e. The van der Waals surface area contributed by atoms with E-state index in [0.29, 0.717) is 47.8 Å². The molecule has 1 aromatic heterocycles. The van der Waals surface area contributed by atoms with Gasteiger partial charge in [-0.1, -0.05) is 0 Å². The van der Waals surface area contributed by atoms with E-state index in [1.165, 1.54) is 26.2 Å². The van der Waals surface area contributed by atoms with E-state index in [1.54, 1.807) is 36.8 Å². The lowest BCUT2D eigenvalue weighted by atomic mass is 9.94. The predicted molar refractivity (Wildman–Crippen MR) is 142 cm³/mol. The Labute approximate surface area is 226 Å². The second kappa shape index (κ2) is 10.7. The molecular formula is C29H31N3O7. The third kappa shape index (κ3) is 4.78. The van der Waals surface area contributed by atoms with Crippen molar-refractivity contribution in [3.63, 3.8) is 0 Å². The molecule has 3 aromatic rings. The summed E-state index contributed by atoms with van der Waals surface area (Å²) in [5.74, 6) is 0.206. The van der Waals surface area contributed by atoms with Crippen LogP contribution in [0.2, 0.25) is 0 Å². The van der Waals surface area contributed by atoms with Gasteiger partial charge in [0.1, 0.15) is 17.6 Å². The standard InChI is InChI=1S/C29H31N3O7/c1-17-12-19-13-18(6-7-21(19)39-17)26(33)24-25(20-14-22(36-2)28(38-4)23(15-20)37-3)32(29(35)27(24)34)10-5-9-31-11-8-30-16-31/h6-8,11,13-17,25,33H,5,9-10,12H2,1-4H3/b26-24-. The summed E-state index contributed by atoms with van der Waals surface area (Å²) in [4.78, 5) is 32.4. The lowest BCUT2D eigenvalue weighted by molar-refractivity contribution is -0.139. The van der Waals surface area contributed by atoms with Crippen LogP contribution in [0.3, 0.4) is 0 Å². The largest absolute Gasteiger partial charge is 0.507 e. The number of carbonyl (C=O) groups is 2. The number of hydrogen-bond acceptors (Lipinski definition) is 8. The van der Waals surface area contributed by atoms with Crippen molar-refractivity contribution >= 4 is 17.4 Å². The fraction of sp³-hybridized carbons (Fsp3) is 0.345. The molecule has 0 saturated carbocycles. The Morgan fingerprint density at radius 3 is 2.46 bits per heavy atom. The van der Waals surface area contributed by atoms with Crippen molar-refractivity contribution < 1.29 is 33.6 Å². The van der Waals surface area contributed by atoms with E-state index in [2.05, 4.69) is 4.98 Å². The summed E-state index contributed by atoms with van der Waals surface area (Å²) in [5.41, 5.74) is 1.93. The van der Waals surface area contributed by atoms with Crippen LogP contribution in [0.5, 0.6) is 23.0 Å². The minimum atomic E-state index is -0.870. The van der Waals surface area contributed by atoms with E-state index in [0.717, 1.165) is 11.3 Å². The molecule has 10 nitrogen and oxygen atoms in total. The monoisotopic (exact) mass is 533 g/mol. The van der Waals surface area contributed by atoms with Gasteiger partial charge in [0.05, 0.1) is 39.3 Å². The molecule has 1 saturated heterocycles. The van der Waals surface area contributed by atoms with Gasteiger partial charge in [0.25, 0.3) is 11.7 Å². The van der Waals surface area contributed by atoms with E-state index in [9.17, 15) is 14.7 Å². The number of amides is 1. The van der Waals surface area contributed by atoms with Crippen LogP contribution in [0.4, 0.5) is 0 Å². The second-order valence-electron chi connectivity index (χ2n) is 9.56. The van der Waals surface area contributed by atoms with Crippen molar-refractivity contribution in [2.45, 2.75) is 38.5 Å². The number of hydrogen-bond donors (Lipinski definition) is 1. The van der Waals surface area contributed by atoms with E-state index in [4.69, 9.17) is 18.9 Å². The van der Waals surface area contributed by atoms with Crippen LogP contribution < -0.4 is 18.9 Å². The molecule has 2 aromatic carbocycles. The van der Waals surface area contributed by atoms with Gasteiger partial charge in [-0.05, 0) is 54.8 Å². The zero-order chi connectivity index (χ0) is 27.7. The molecule has 0 radical (unpaired) electrons. The summed E-state index contributed by atoms with van der Waals surface area (Å²) in [5, 5.41) is 11.5. The molecule has 1 amide bonds. The van der Waals surface area contributed by atoms with Crippen LogP contribution in [0.25, 0.3) is 5.76 Å². The van der Waals surface area contributed by atoms with Crippen molar-refractivity contribution in [3.8, 4) is 23.0 Å². The molecule has 3 heterocycles. The maximum atomic E-state index is 13.5. The minimum absolute atomic E-state index is 0.00353. The number of aliphatic hydroxyl groups is 1. The molecule has 0 bridgehead atoms. The molecule has 204 valence electrons. The zero-order valence-electron chi connectivity index (χ0n) is 22.3. The van der Waals surface area contributed by atoms with E-state index >= 15 is 0 Å². The molecule has 5 rings (SSSR count). The first-order valence-corrected chi connectivity index (χ1v) is 12.7. The lowest BCUT2D eigenvalue weighted by Crippen LogP contribution is -2.31. The summed E-state index contributed by atoms with van der Waals surface area (Å²) >= 11 is 0. The summed E-state index contributed by atoms with van der Waals surface area (Å²) in [7, 11) is 4.49. The average molecular weight is 534 g/mol. The van der Waals surface area contributed by atoms with Crippen LogP contribution in [-0.4, -0.2) is 65.2 Å². The minimum Gasteiger partial charge on any atom is -0.507 e. The Bertz CT molecular complexity index is 1410. The van der Waals surface area contributed by atoms with E-state index < -0.39 is 17.7 Å². The summed E-state index contributed by atoms with van der Waals surface area (Å²) in [6.07, 6.45) is 6.50. The lowest BCUT2D eigenvalue weighted by Gasteiger charge is -2.26. The second-order valence-corrected chi connectivity index (χ2v) is 9.56. The number of likely N-dealkylation sites (tertiary alicyclic amines) is 1. The molecule has 2 atom stereocenters. The highest BCUT2D eigenvalue weighted by atomic mass is 16.5. The topological polar surface area (TPSA) is 112 Å². The van der Waals surface area contributed by atoms with Crippen molar-refractivity contribution in [1.29, 1.82) is 0 Å². The number of aromatic nitrogens is 2. The van der Waals surface area contributed by atoms with Gasteiger partial charge in [0.15, 0.2) is 11.5 Å². The first kappa shape index (κ1) is 26.1. The smallest absolute Gasteiger partial charge is 0.295 e. The Kier molecular flexibility index (Phi) is 7.19. The van der Waals surface area contributed by atoms with E-state index in [-0.39, 0.29) is 24.0 Å². The number of Topliss-reactive ketones (excluding diaryl/α,β-unsaturated/α-hetero) is 1. The van der Waals surface area contributed by atoms with Gasteiger partial charge in [-0.25, -0.2) is 4.98 Å². The summed E-state index contributed by atoms with van der Waals surface area (Å²) in [6.45, 7) is 2.85. The number of benzene rings is 2. The van der Waals surface area contributed by atoms with E-state index in [1.807, 2.05) is 23.8 Å². The summed E-state index contributed by atoms with van der Waals surface area (Å²) in [6, 6.07) is 7.82. The van der Waals surface area contributed by atoms with Gasteiger partial charge < -0.3 is 33.5 Å². The first-order chi connectivity index (χ1) is 18.9. The molecule has 1 fully saturated rings. The van der Waals surface area contributed by atoms with Crippen LogP contribution in [0, 0.1) is 0 Å². The molecule has 2 aliphatic heterocycles. The number of fused-ring (bicyclic) bond motifs is 1. The number of aliphatic hydroxyl groups excluding tert-OH is 1. The van der Waals surface area contributed by atoms with Crippen molar-refractivity contribution in [2.24, 2.45) is 0 Å². The fourth-order valence-corrected chi connectivity index (χ4v) is 5.28. The molecule has 2 unspecified atom stereocenters.